The Bertz CT molecular complexity index is 225. The Balaban J connectivity index is 0. The van der Waals surface area contributed by atoms with Crippen molar-refractivity contribution in [1.82, 2.24) is 0 Å². The van der Waals surface area contributed by atoms with Crippen LogP contribution in [0.4, 0.5) is 13.2 Å². The van der Waals surface area contributed by atoms with Crippen LogP contribution in [0.15, 0.2) is 0 Å². The van der Waals surface area contributed by atoms with Crippen molar-refractivity contribution in [2.45, 2.75) is 12.2 Å². The molecule has 0 saturated heterocycles. The van der Waals surface area contributed by atoms with Crippen molar-refractivity contribution in [3.63, 3.8) is 0 Å². The molecule has 2 N–H and O–H groups in total. The van der Waals surface area contributed by atoms with Gasteiger partial charge in [0.1, 0.15) is 15.9 Å². The minimum absolute atomic E-state index is 0. The molecule has 0 amide bonds. The average Bonchev–Trinajstić information content (AvgIpc) is 1.56. The molecular formula is C4H9ClF3NO2S. The van der Waals surface area contributed by atoms with E-state index in [9.17, 15) is 21.6 Å². The van der Waals surface area contributed by atoms with Crippen molar-refractivity contribution in [2.24, 2.45) is 5.73 Å². The molecule has 0 saturated carbocycles. The van der Waals surface area contributed by atoms with E-state index in [2.05, 4.69) is 5.73 Å². The van der Waals surface area contributed by atoms with Crippen LogP contribution in [0.3, 0.4) is 0 Å². The zero-order valence-corrected chi connectivity index (χ0v) is 7.76. The largest absolute Gasteiger partial charge is 0.404 e. The molecule has 0 spiro atoms. The van der Waals surface area contributed by atoms with E-state index in [0.717, 1.165) is 0 Å². The lowest BCUT2D eigenvalue weighted by Crippen LogP contribution is -2.42. The molecule has 0 aromatic heterocycles. The lowest BCUT2D eigenvalue weighted by Gasteiger charge is -2.13. The predicted octanol–water partition coefficient (Wildman–Crippen LogP) is 0.342. The molecule has 0 aliphatic carbocycles. The fraction of sp³-hybridized carbons (Fsp3) is 1.00. The van der Waals surface area contributed by atoms with Crippen molar-refractivity contribution >= 4 is 22.2 Å². The fourth-order valence-electron chi connectivity index (χ4n) is 0.421. The van der Waals surface area contributed by atoms with Crippen molar-refractivity contribution < 1.29 is 21.6 Å². The number of halogens is 4. The first-order chi connectivity index (χ1) is 4.63. The summed E-state index contributed by atoms with van der Waals surface area (Å²) >= 11 is 0. The SMILES string of the molecule is CS(=O)(=O)C[C@@H](N)C(F)(F)F.Cl. The van der Waals surface area contributed by atoms with Gasteiger partial charge >= 0.3 is 6.18 Å². The first-order valence-corrected chi connectivity index (χ1v) is 4.69. The summed E-state index contributed by atoms with van der Waals surface area (Å²) in [7, 11) is -3.65. The van der Waals surface area contributed by atoms with Crippen molar-refractivity contribution in [3.05, 3.63) is 0 Å². The standard InChI is InChI=1S/C4H8F3NO2S.ClH/c1-11(9,10)2-3(8)4(5,6)7;/h3H,2,8H2,1H3;1H/t3-;/m1./s1. The highest BCUT2D eigenvalue weighted by molar-refractivity contribution is 7.90. The lowest BCUT2D eigenvalue weighted by molar-refractivity contribution is -0.142. The van der Waals surface area contributed by atoms with Crippen LogP contribution in [0.2, 0.25) is 0 Å². The molecule has 0 rings (SSSR count). The van der Waals surface area contributed by atoms with Crippen LogP contribution in [0.25, 0.3) is 0 Å². The predicted molar refractivity (Wildman–Crippen MR) is 41.0 cm³/mol. The third-order valence-electron chi connectivity index (χ3n) is 0.903. The smallest absolute Gasteiger partial charge is 0.319 e. The van der Waals surface area contributed by atoms with Gasteiger partial charge in [-0.15, -0.1) is 12.4 Å². The molecule has 0 radical (unpaired) electrons. The van der Waals surface area contributed by atoms with E-state index >= 15 is 0 Å². The first kappa shape index (κ1) is 14.5. The van der Waals surface area contributed by atoms with Gasteiger partial charge in [0.05, 0.1) is 5.75 Å². The van der Waals surface area contributed by atoms with Gasteiger partial charge < -0.3 is 5.73 Å². The molecule has 76 valence electrons. The van der Waals surface area contributed by atoms with E-state index in [4.69, 9.17) is 0 Å². The Morgan fingerprint density at radius 2 is 1.75 bits per heavy atom. The molecule has 0 heterocycles. The third kappa shape index (κ3) is 6.68. The van der Waals surface area contributed by atoms with E-state index in [1.807, 2.05) is 0 Å². The highest BCUT2D eigenvalue weighted by Gasteiger charge is 2.38. The summed E-state index contributed by atoms with van der Waals surface area (Å²) in [5, 5.41) is 0. The molecule has 0 aromatic rings. The van der Waals surface area contributed by atoms with Crippen LogP contribution < -0.4 is 5.73 Å². The highest BCUT2D eigenvalue weighted by Crippen LogP contribution is 2.19. The minimum Gasteiger partial charge on any atom is -0.319 e. The maximum absolute atomic E-state index is 11.6. The number of nitrogens with two attached hydrogens (primary N) is 1. The molecule has 3 nitrogen and oxygen atoms in total. The number of alkyl halides is 3. The van der Waals surface area contributed by atoms with Gasteiger partial charge in [0, 0.05) is 6.26 Å². The van der Waals surface area contributed by atoms with Crippen LogP contribution in [-0.4, -0.2) is 32.6 Å². The molecule has 0 aromatic carbocycles. The summed E-state index contributed by atoms with van der Waals surface area (Å²) < 4.78 is 55.4. The van der Waals surface area contributed by atoms with Crippen LogP contribution in [0, 0.1) is 0 Å². The van der Waals surface area contributed by atoms with Crippen molar-refractivity contribution in [1.29, 1.82) is 0 Å². The first-order valence-electron chi connectivity index (χ1n) is 2.63. The van der Waals surface area contributed by atoms with Gasteiger partial charge in [-0.3, -0.25) is 0 Å². The molecule has 0 aliphatic rings. The quantitative estimate of drug-likeness (QED) is 0.740. The van der Waals surface area contributed by atoms with Crippen LogP contribution in [-0.2, 0) is 9.84 Å². The van der Waals surface area contributed by atoms with Gasteiger partial charge in [-0.25, -0.2) is 8.42 Å². The Morgan fingerprint density at radius 1 is 1.42 bits per heavy atom. The fourth-order valence-corrected chi connectivity index (χ4v) is 1.26. The van der Waals surface area contributed by atoms with Gasteiger partial charge in [0.2, 0.25) is 0 Å². The lowest BCUT2D eigenvalue weighted by atomic mass is 10.4. The van der Waals surface area contributed by atoms with E-state index in [-0.39, 0.29) is 12.4 Å². The van der Waals surface area contributed by atoms with E-state index in [1.165, 1.54) is 0 Å². The third-order valence-corrected chi connectivity index (χ3v) is 1.87. The minimum atomic E-state index is -4.64. The number of hydrogen-bond donors (Lipinski definition) is 1. The Morgan fingerprint density at radius 3 is 1.83 bits per heavy atom. The highest BCUT2D eigenvalue weighted by atomic mass is 35.5. The van der Waals surface area contributed by atoms with Crippen molar-refractivity contribution in [2.75, 3.05) is 12.0 Å². The summed E-state index contributed by atoms with van der Waals surface area (Å²) in [5.74, 6) is -1.06. The van der Waals surface area contributed by atoms with Crippen LogP contribution in [0.5, 0.6) is 0 Å². The van der Waals surface area contributed by atoms with Crippen LogP contribution in [0.1, 0.15) is 0 Å². The molecule has 0 fully saturated rings. The van der Waals surface area contributed by atoms with Crippen LogP contribution >= 0.6 is 12.4 Å². The average molecular weight is 228 g/mol. The zero-order chi connectivity index (χ0) is 9.28. The van der Waals surface area contributed by atoms with Crippen molar-refractivity contribution in [3.8, 4) is 0 Å². The summed E-state index contributed by atoms with van der Waals surface area (Å²) in [6.45, 7) is 0. The molecule has 0 unspecified atom stereocenters. The summed E-state index contributed by atoms with van der Waals surface area (Å²) in [6.07, 6.45) is -3.93. The maximum Gasteiger partial charge on any atom is 0.404 e. The van der Waals surface area contributed by atoms with Gasteiger partial charge in [0.15, 0.2) is 0 Å². The number of sulfone groups is 1. The zero-order valence-electron chi connectivity index (χ0n) is 6.13. The molecule has 0 aliphatic heterocycles. The topological polar surface area (TPSA) is 60.2 Å². The van der Waals surface area contributed by atoms with E-state index < -0.39 is 27.8 Å². The molecule has 8 heteroatoms. The molecule has 0 bridgehead atoms. The summed E-state index contributed by atoms with van der Waals surface area (Å²) in [5.41, 5.74) is 4.53. The molecule has 12 heavy (non-hydrogen) atoms. The molecule has 1 atom stereocenters. The maximum atomic E-state index is 11.6. The normalized spacial score (nSPS) is 15.1. The van der Waals surface area contributed by atoms with E-state index in [1.54, 1.807) is 0 Å². The second kappa shape index (κ2) is 4.29. The molecular weight excluding hydrogens is 219 g/mol. The summed E-state index contributed by atoms with van der Waals surface area (Å²) in [4.78, 5) is 0. The second-order valence-corrected chi connectivity index (χ2v) is 4.43. The number of rotatable bonds is 2. The van der Waals surface area contributed by atoms with Gasteiger partial charge in [-0.2, -0.15) is 13.2 Å². The Hall–Kier alpha value is -0.0100. The van der Waals surface area contributed by atoms with Gasteiger partial charge in [-0.1, -0.05) is 0 Å². The van der Waals surface area contributed by atoms with E-state index in [0.29, 0.717) is 6.26 Å². The Kier molecular flexibility index (Phi) is 5.19. The van der Waals surface area contributed by atoms with Gasteiger partial charge in [-0.05, 0) is 0 Å². The summed E-state index contributed by atoms with van der Waals surface area (Å²) in [6, 6.07) is -2.28. The monoisotopic (exact) mass is 227 g/mol. The second-order valence-electron chi connectivity index (χ2n) is 2.24. The number of hydrogen-bond acceptors (Lipinski definition) is 3. The Labute approximate surface area is 74.4 Å². The van der Waals surface area contributed by atoms with Gasteiger partial charge in [0.25, 0.3) is 0 Å².